The molecule has 1 atom stereocenters. The minimum atomic E-state index is -0.121. The van der Waals surface area contributed by atoms with Crippen molar-refractivity contribution in [3.8, 4) is 0 Å². The van der Waals surface area contributed by atoms with Crippen molar-refractivity contribution < 1.29 is 9.59 Å². The molecular formula is C22H28N4O2. The molecule has 2 aromatic rings. The Morgan fingerprint density at radius 3 is 2.54 bits per heavy atom. The van der Waals surface area contributed by atoms with E-state index >= 15 is 0 Å². The third kappa shape index (κ3) is 4.95. The van der Waals surface area contributed by atoms with Crippen LogP contribution in [0.1, 0.15) is 53.1 Å². The molecule has 28 heavy (non-hydrogen) atoms. The van der Waals surface area contributed by atoms with Crippen LogP contribution in [0, 0.1) is 5.41 Å². The van der Waals surface area contributed by atoms with Crippen molar-refractivity contribution in [1.29, 1.82) is 0 Å². The largest absolute Gasteiger partial charge is 0.352 e. The monoisotopic (exact) mass is 380 g/mol. The van der Waals surface area contributed by atoms with E-state index in [0.717, 1.165) is 12.1 Å². The van der Waals surface area contributed by atoms with Crippen LogP contribution in [0.3, 0.4) is 0 Å². The Morgan fingerprint density at radius 1 is 1.18 bits per heavy atom. The first-order valence-electron chi connectivity index (χ1n) is 9.65. The summed E-state index contributed by atoms with van der Waals surface area (Å²) in [6.07, 6.45) is 3.54. The van der Waals surface area contributed by atoms with Crippen LogP contribution >= 0.6 is 0 Å². The Hall–Kier alpha value is -2.73. The van der Waals surface area contributed by atoms with Crippen molar-refractivity contribution in [3.05, 3.63) is 65.5 Å². The summed E-state index contributed by atoms with van der Waals surface area (Å²) in [4.78, 5) is 31.4. The lowest BCUT2D eigenvalue weighted by molar-refractivity contribution is 0.0633. The summed E-state index contributed by atoms with van der Waals surface area (Å²) in [5.41, 5.74) is 2.18. The molecule has 0 aliphatic carbocycles. The molecule has 1 aromatic heterocycles. The van der Waals surface area contributed by atoms with Gasteiger partial charge in [0.25, 0.3) is 11.8 Å². The third-order valence-electron chi connectivity index (χ3n) is 4.75. The van der Waals surface area contributed by atoms with E-state index in [0.29, 0.717) is 30.8 Å². The second-order valence-corrected chi connectivity index (χ2v) is 8.33. The van der Waals surface area contributed by atoms with Gasteiger partial charge in [-0.3, -0.25) is 14.6 Å². The van der Waals surface area contributed by atoms with E-state index in [9.17, 15) is 9.59 Å². The Kier molecular flexibility index (Phi) is 6.09. The van der Waals surface area contributed by atoms with Crippen LogP contribution in [0.4, 0.5) is 0 Å². The topological polar surface area (TPSA) is 74.3 Å². The fourth-order valence-electron chi connectivity index (χ4n) is 3.20. The van der Waals surface area contributed by atoms with Gasteiger partial charge in [0.05, 0.1) is 6.04 Å². The van der Waals surface area contributed by atoms with Crippen LogP contribution < -0.4 is 10.6 Å². The molecule has 1 unspecified atom stereocenters. The summed E-state index contributed by atoms with van der Waals surface area (Å²) in [7, 11) is 0. The summed E-state index contributed by atoms with van der Waals surface area (Å²) in [5, 5.41) is 6.28. The SMILES string of the molecule is CC(C)(C)CNC(=O)c1ccc(C(=O)N2CCNCC2c2cccnc2)cc1. The van der Waals surface area contributed by atoms with Crippen LogP contribution in [0.25, 0.3) is 0 Å². The summed E-state index contributed by atoms with van der Waals surface area (Å²) in [6, 6.07) is 10.7. The molecule has 2 N–H and O–H groups in total. The average Bonchev–Trinajstić information content (AvgIpc) is 2.72. The number of carbonyl (C=O) groups excluding carboxylic acids is 2. The maximum Gasteiger partial charge on any atom is 0.254 e. The predicted molar refractivity (Wildman–Crippen MR) is 109 cm³/mol. The standard InChI is InChI=1S/C22H28N4O2/c1-22(2,3)15-25-20(27)16-6-8-17(9-7-16)21(28)26-12-11-24-14-19(26)18-5-4-10-23-13-18/h4-10,13,19,24H,11-12,14-15H2,1-3H3,(H,25,27). The van der Waals surface area contributed by atoms with Crippen molar-refractivity contribution in [1.82, 2.24) is 20.5 Å². The Morgan fingerprint density at radius 2 is 1.89 bits per heavy atom. The molecule has 0 spiro atoms. The Bertz CT molecular complexity index is 813. The van der Waals surface area contributed by atoms with Gasteiger partial charge < -0.3 is 15.5 Å². The average molecular weight is 380 g/mol. The molecule has 1 aliphatic rings. The molecule has 1 saturated heterocycles. The summed E-state index contributed by atoms with van der Waals surface area (Å²) < 4.78 is 0. The molecule has 1 aromatic carbocycles. The first-order valence-corrected chi connectivity index (χ1v) is 9.65. The molecule has 148 valence electrons. The van der Waals surface area contributed by atoms with Crippen LogP contribution in [0.2, 0.25) is 0 Å². The highest BCUT2D eigenvalue weighted by molar-refractivity contribution is 5.98. The number of amides is 2. The van der Waals surface area contributed by atoms with Gasteiger partial charge in [0.2, 0.25) is 0 Å². The van der Waals surface area contributed by atoms with Crippen LogP contribution in [-0.4, -0.2) is 47.9 Å². The lowest BCUT2D eigenvalue weighted by Gasteiger charge is -2.36. The maximum atomic E-state index is 13.1. The predicted octanol–water partition coefficient (Wildman–Crippen LogP) is 2.64. The van der Waals surface area contributed by atoms with E-state index in [-0.39, 0.29) is 23.3 Å². The van der Waals surface area contributed by atoms with Gasteiger partial charge in [-0.15, -0.1) is 0 Å². The van der Waals surface area contributed by atoms with Crippen molar-refractivity contribution in [3.63, 3.8) is 0 Å². The third-order valence-corrected chi connectivity index (χ3v) is 4.75. The van der Waals surface area contributed by atoms with E-state index in [2.05, 4.69) is 36.4 Å². The highest BCUT2D eigenvalue weighted by Gasteiger charge is 2.28. The fraction of sp³-hybridized carbons (Fsp3) is 0.409. The molecule has 2 amide bonds. The number of carbonyl (C=O) groups is 2. The highest BCUT2D eigenvalue weighted by Crippen LogP contribution is 2.23. The first-order chi connectivity index (χ1) is 13.3. The number of rotatable bonds is 4. The van der Waals surface area contributed by atoms with Crippen LogP contribution in [0.5, 0.6) is 0 Å². The van der Waals surface area contributed by atoms with Gasteiger partial charge in [0.1, 0.15) is 0 Å². The van der Waals surface area contributed by atoms with E-state index in [1.54, 1.807) is 36.7 Å². The quantitative estimate of drug-likeness (QED) is 0.855. The number of hydrogen-bond donors (Lipinski definition) is 2. The lowest BCUT2D eigenvalue weighted by atomic mass is 9.97. The van der Waals surface area contributed by atoms with E-state index < -0.39 is 0 Å². The van der Waals surface area contributed by atoms with Crippen molar-refractivity contribution in [2.75, 3.05) is 26.2 Å². The smallest absolute Gasteiger partial charge is 0.254 e. The van der Waals surface area contributed by atoms with E-state index in [4.69, 9.17) is 0 Å². The molecule has 0 radical (unpaired) electrons. The van der Waals surface area contributed by atoms with E-state index in [1.807, 2.05) is 17.0 Å². The normalized spacial score (nSPS) is 17.2. The number of piperazine rings is 1. The number of nitrogens with one attached hydrogen (secondary N) is 2. The molecule has 6 nitrogen and oxygen atoms in total. The van der Waals surface area contributed by atoms with Crippen LogP contribution in [-0.2, 0) is 0 Å². The van der Waals surface area contributed by atoms with Crippen molar-refractivity contribution in [2.45, 2.75) is 26.8 Å². The minimum absolute atomic E-state index is 0.0230. The van der Waals surface area contributed by atoms with Gasteiger partial charge in [-0.1, -0.05) is 26.8 Å². The second kappa shape index (κ2) is 8.52. The van der Waals surface area contributed by atoms with Gasteiger partial charge >= 0.3 is 0 Å². The fourth-order valence-corrected chi connectivity index (χ4v) is 3.20. The van der Waals surface area contributed by atoms with Gasteiger partial charge in [-0.2, -0.15) is 0 Å². The molecule has 0 bridgehead atoms. The first kappa shape index (κ1) is 20.0. The number of pyridine rings is 1. The molecule has 2 heterocycles. The number of hydrogen-bond acceptors (Lipinski definition) is 4. The molecule has 1 aliphatic heterocycles. The minimum Gasteiger partial charge on any atom is -0.352 e. The maximum absolute atomic E-state index is 13.1. The molecule has 1 fully saturated rings. The zero-order valence-corrected chi connectivity index (χ0v) is 16.7. The van der Waals surface area contributed by atoms with Gasteiger partial charge in [0, 0.05) is 49.7 Å². The number of aromatic nitrogens is 1. The van der Waals surface area contributed by atoms with Gasteiger partial charge in [-0.25, -0.2) is 0 Å². The summed E-state index contributed by atoms with van der Waals surface area (Å²) in [5.74, 6) is -0.152. The van der Waals surface area contributed by atoms with E-state index in [1.165, 1.54) is 0 Å². The van der Waals surface area contributed by atoms with Crippen LogP contribution in [0.15, 0.2) is 48.8 Å². The number of benzene rings is 1. The van der Waals surface area contributed by atoms with Crippen molar-refractivity contribution in [2.24, 2.45) is 5.41 Å². The zero-order valence-electron chi connectivity index (χ0n) is 16.7. The lowest BCUT2D eigenvalue weighted by Crippen LogP contribution is -2.48. The van der Waals surface area contributed by atoms with Gasteiger partial charge in [-0.05, 0) is 41.3 Å². The molecule has 0 saturated carbocycles. The van der Waals surface area contributed by atoms with Gasteiger partial charge in [0.15, 0.2) is 0 Å². The van der Waals surface area contributed by atoms with Crippen molar-refractivity contribution >= 4 is 11.8 Å². The molecule has 3 rings (SSSR count). The molecular weight excluding hydrogens is 352 g/mol. The number of nitrogens with zero attached hydrogens (tertiary/aromatic N) is 2. The Balaban J connectivity index is 1.72. The zero-order chi connectivity index (χ0) is 20.1. The Labute approximate surface area is 166 Å². The summed E-state index contributed by atoms with van der Waals surface area (Å²) >= 11 is 0. The second-order valence-electron chi connectivity index (χ2n) is 8.33. The molecule has 6 heteroatoms. The summed E-state index contributed by atoms with van der Waals surface area (Å²) in [6.45, 7) is 8.90. The highest BCUT2D eigenvalue weighted by atomic mass is 16.2.